The van der Waals surface area contributed by atoms with Gasteiger partial charge in [-0.05, 0) is 31.5 Å². The van der Waals surface area contributed by atoms with E-state index in [0.717, 1.165) is 24.4 Å². The molecule has 0 aromatic heterocycles. The van der Waals surface area contributed by atoms with Crippen molar-refractivity contribution >= 4 is 5.69 Å². The highest BCUT2D eigenvalue weighted by Crippen LogP contribution is 2.15. The van der Waals surface area contributed by atoms with Gasteiger partial charge in [-0.2, -0.15) is 5.26 Å². The average Bonchev–Trinajstić information content (AvgIpc) is 2.26. The van der Waals surface area contributed by atoms with Crippen LogP contribution in [0.1, 0.15) is 18.1 Å². The molecule has 0 heterocycles. The van der Waals surface area contributed by atoms with Crippen molar-refractivity contribution < 1.29 is 4.74 Å². The second kappa shape index (κ2) is 6.05. The number of ether oxygens (including phenoxy) is 1. The number of nitriles is 1. The van der Waals surface area contributed by atoms with E-state index in [0.29, 0.717) is 12.2 Å². The normalized spacial score (nSPS) is 9.67. The molecule has 80 valence electrons. The second-order valence-electron chi connectivity index (χ2n) is 3.28. The Bertz CT molecular complexity index is 355. The highest BCUT2D eigenvalue weighted by Gasteiger charge is 2.00. The molecule has 0 saturated carbocycles. The Morgan fingerprint density at radius 1 is 1.47 bits per heavy atom. The maximum absolute atomic E-state index is 8.92. The number of hydrogen-bond donors (Lipinski definition) is 1. The van der Waals surface area contributed by atoms with Gasteiger partial charge in [-0.3, -0.25) is 0 Å². The SMILES string of the molecule is CCOCCNc1ccc(C)cc1C#N. The summed E-state index contributed by atoms with van der Waals surface area (Å²) >= 11 is 0. The summed E-state index contributed by atoms with van der Waals surface area (Å²) in [6, 6.07) is 7.97. The van der Waals surface area contributed by atoms with Crippen molar-refractivity contribution in [1.29, 1.82) is 5.26 Å². The summed E-state index contributed by atoms with van der Waals surface area (Å²) in [5.74, 6) is 0. The molecule has 1 aromatic rings. The Balaban J connectivity index is 2.57. The van der Waals surface area contributed by atoms with E-state index in [1.54, 1.807) is 0 Å². The molecule has 0 amide bonds. The first-order valence-electron chi connectivity index (χ1n) is 5.10. The number of rotatable bonds is 5. The Kier molecular flexibility index (Phi) is 4.65. The summed E-state index contributed by atoms with van der Waals surface area (Å²) < 4.78 is 5.21. The topological polar surface area (TPSA) is 45.0 Å². The van der Waals surface area contributed by atoms with Gasteiger partial charge in [-0.15, -0.1) is 0 Å². The minimum absolute atomic E-state index is 0.662. The zero-order chi connectivity index (χ0) is 11.1. The van der Waals surface area contributed by atoms with Crippen molar-refractivity contribution in [3.63, 3.8) is 0 Å². The molecule has 1 N–H and O–H groups in total. The summed E-state index contributed by atoms with van der Waals surface area (Å²) in [7, 11) is 0. The number of hydrogen-bond acceptors (Lipinski definition) is 3. The minimum atomic E-state index is 0.662. The first-order valence-corrected chi connectivity index (χ1v) is 5.10. The fraction of sp³-hybridized carbons (Fsp3) is 0.417. The molecular formula is C12H16N2O. The first-order chi connectivity index (χ1) is 7.27. The monoisotopic (exact) mass is 204 g/mol. The van der Waals surface area contributed by atoms with Crippen LogP contribution in [0, 0.1) is 18.3 Å². The van der Waals surface area contributed by atoms with E-state index >= 15 is 0 Å². The molecule has 1 aromatic carbocycles. The maximum atomic E-state index is 8.92. The van der Waals surface area contributed by atoms with E-state index in [4.69, 9.17) is 10.00 Å². The van der Waals surface area contributed by atoms with E-state index < -0.39 is 0 Å². The zero-order valence-corrected chi connectivity index (χ0v) is 9.21. The van der Waals surface area contributed by atoms with Crippen LogP contribution in [0.5, 0.6) is 0 Å². The number of benzene rings is 1. The van der Waals surface area contributed by atoms with Gasteiger partial charge in [0.25, 0.3) is 0 Å². The van der Waals surface area contributed by atoms with Crippen LogP contribution in [0.4, 0.5) is 5.69 Å². The van der Waals surface area contributed by atoms with Gasteiger partial charge in [0.2, 0.25) is 0 Å². The number of nitrogens with zero attached hydrogens (tertiary/aromatic N) is 1. The standard InChI is InChI=1S/C12H16N2O/c1-3-15-7-6-14-12-5-4-10(2)8-11(12)9-13/h4-5,8,14H,3,6-7H2,1-2H3. The summed E-state index contributed by atoms with van der Waals surface area (Å²) in [6.07, 6.45) is 0. The molecule has 3 heteroatoms. The molecule has 1 rings (SSSR count). The molecular weight excluding hydrogens is 188 g/mol. The van der Waals surface area contributed by atoms with Crippen LogP contribution in [-0.4, -0.2) is 19.8 Å². The molecule has 0 bridgehead atoms. The maximum Gasteiger partial charge on any atom is 0.101 e. The van der Waals surface area contributed by atoms with Gasteiger partial charge in [0, 0.05) is 13.2 Å². The van der Waals surface area contributed by atoms with Crippen LogP contribution in [0.3, 0.4) is 0 Å². The second-order valence-corrected chi connectivity index (χ2v) is 3.28. The lowest BCUT2D eigenvalue weighted by Crippen LogP contribution is -2.10. The van der Waals surface area contributed by atoms with Crippen molar-refractivity contribution in [1.82, 2.24) is 0 Å². The lowest BCUT2D eigenvalue weighted by Gasteiger charge is -2.08. The van der Waals surface area contributed by atoms with Crippen LogP contribution in [0.15, 0.2) is 18.2 Å². The molecule has 15 heavy (non-hydrogen) atoms. The molecule has 0 aliphatic carbocycles. The van der Waals surface area contributed by atoms with Crippen molar-refractivity contribution in [2.75, 3.05) is 25.1 Å². The molecule has 3 nitrogen and oxygen atoms in total. The van der Waals surface area contributed by atoms with E-state index in [-0.39, 0.29) is 0 Å². The predicted octanol–water partition coefficient (Wildman–Crippen LogP) is 2.32. The van der Waals surface area contributed by atoms with Crippen molar-refractivity contribution in [2.24, 2.45) is 0 Å². The quantitative estimate of drug-likeness (QED) is 0.748. The van der Waals surface area contributed by atoms with E-state index in [2.05, 4.69) is 11.4 Å². The molecule has 0 spiro atoms. The molecule has 0 saturated heterocycles. The fourth-order valence-corrected chi connectivity index (χ4v) is 1.31. The van der Waals surface area contributed by atoms with Gasteiger partial charge in [-0.25, -0.2) is 0 Å². The van der Waals surface area contributed by atoms with Gasteiger partial charge in [0.05, 0.1) is 17.9 Å². The Hall–Kier alpha value is -1.53. The number of anilines is 1. The van der Waals surface area contributed by atoms with Crippen LogP contribution < -0.4 is 5.32 Å². The van der Waals surface area contributed by atoms with Gasteiger partial charge >= 0.3 is 0 Å². The predicted molar refractivity (Wildman–Crippen MR) is 60.9 cm³/mol. The molecule has 0 aliphatic rings. The average molecular weight is 204 g/mol. The third-order valence-electron chi connectivity index (χ3n) is 2.06. The molecule has 0 unspecified atom stereocenters. The summed E-state index contributed by atoms with van der Waals surface area (Å²) in [5.41, 5.74) is 2.66. The number of aryl methyl sites for hydroxylation is 1. The van der Waals surface area contributed by atoms with Crippen LogP contribution in [0.25, 0.3) is 0 Å². The van der Waals surface area contributed by atoms with Gasteiger partial charge in [-0.1, -0.05) is 6.07 Å². The van der Waals surface area contributed by atoms with E-state index in [1.807, 2.05) is 32.0 Å². The minimum Gasteiger partial charge on any atom is -0.382 e. The molecule has 0 fully saturated rings. The molecule has 0 aliphatic heterocycles. The fourth-order valence-electron chi connectivity index (χ4n) is 1.31. The molecule has 0 atom stereocenters. The Labute approximate surface area is 90.7 Å². The lowest BCUT2D eigenvalue weighted by atomic mass is 10.1. The highest BCUT2D eigenvalue weighted by atomic mass is 16.5. The first kappa shape index (κ1) is 11.5. The van der Waals surface area contributed by atoms with Gasteiger partial charge in [0.1, 0.15) is 6.07 Å². The van der Waals surface area contributed by atoms with Crippen LogP contribution in [-0.2, 0) is 4.74 Å². The van der Waals surface area contributed by atoms with Crippen molar-refractivity contribution in [3.05, 3.63) is 29.3 Å². The lowest BCUT2D eigenvalue weighted by molar-refractivity contribution is 0.158. The van der Waals surface area contributed by atoms with E-state index in [1.165, 1.54) is 0 Å². The highest BCUT2D eigenvalue weighted by molar-refractivity contribution is 5.58. The summed E-state index contributed by atoms with van der Waals surface area (Å²) in [6.45, 7) is 6.05. The Morgan fingerprint density at radius 3 is 2.93 bits per heavy atom. The van der Waals surface area contributed by atoms with Gasteiger partial charge in [0.15, 0.2) is 0 Å². The largest absolute Gasteiger partial charge is 0.382 e. The third-order valence-corrected chi connectivity index (χ3v) is 2.06. The third kappa shape index (κ3) is 3.61. The van der Waals surface area contributed by atoms with E-state index in [9.17, 15) is 0 Å². The molecule has 0 radical (unpaired) electrons. The summed E-state index contributed by atoms with van der Waals surface area (Å²) in [4.78, 5) is 0. The number of nitrogens with one attached hydrogen (secondary N) is 1. The van der Waals surface area contributed by atoms with Crippen LogP contribution >= 0.6 is 0 Å². The van der Waals surface area contributed by atoms with Crippen molar-refractivity contribution in [3.8, 4) is 6.07 Å². The zero-order valence-electron chi connectivity index (χ0n) is 9.21. The summed E-state index contributed by atoms with van der Waals surface area (Å²) in [5, 5.41) is 12.1. The van der Waals surface area contributed by atoms with Crippen molar-refractivity contribution in [2.45, 2.75) is 13.8 Å². The smallest absolute Gasteiger partial charge is 0.101 e. The van der Waals surface area contributed by atoms with Crippen LogP contribution in [0.2, 0.25) is 0 Å². The Morgan fingerprint density at radius 2 is 2.27 bits per heavy atom. The van der Waals surface area contributed by atoms with Gasteiger partial charge < -0.3 is 10.1 Å².